The van der Waals surface area contributed by atoms with Crippen LogP contribution in [-0.4, -0.2) is 21.3 Å². The number of hydrogen-bond donors (Lipinski definition) is 0. The Kier molecular flexibility index (Phi) is 5.31. The summed E-state index contributed by atoms with van der Waals surface area (Å²) >= 11 is 0. The zero-order valence-electron chi connectivity index (χ0n) is 18.9. The Morgan fingerprint density at radius 3 is 2.29 bits per heavy atom. The van der Waals surface area contributed by atoms with Gasteiger partial charge in [-0.25, -0.2) is 0 Å². The molecule has 0 aliphatic heterocycles. The lowest BCUT2D eigenvalue weighted by Crippen LogP contribution is -2.14. The van der Waals surface area contributed by atoms with Crippen LogP contribution >= 0.6 is 0 Å². The van der Waals surface area contributed by atoms with Gasteiger partial charge in [0.15, 0.2) is 16.9 Å². The minimum absolute atomic E-state index is 0.240. The Morgan fingerprint density at radius 2 is 1.62 bits per heavy atom. The first kappa shape index (κ1) is 21.4. The molecule has 1 unspecified atom stereocenters. The number of fused-ring (bicyclic) bond motifs is 3. The average Bonchev–Trinajstić information content (AvgIpc) is 3.02. The molecule has 4 aromatic rings. The van der Waals surface area contributed by atoms with Gasteiger partial charge in [-0.3, -0.25) is 4.79 Å². The van der Waals surface area contributed by atoms with Gasteiger partial charge in [-0.2, -0.15) is 5.26 Å². The standard InChI is InChI=1S/C28H21NO5/c1-31-18-10-8-16(9-11-18)26-20-7-5-4-6-19(20)17(15-29)12-22-27(30)21-13-24(32-2)25(33-3)14-23(21)34-28(22)26/h4-14,26H,1-3H3. The molecule has 34 heavy (non-hydrogen) atoms. The van der Waals surface area contributed by atoms with E-state index in [0.717, 1.165) is 22.4 Å². The molecule has 0 bridgehead atoms. The van der Waals surface area contributed by atoms with Crippen molar-refractivity contribution in [3.05, 3.63) is 98.9 Å². The van der Waals surface area contributed by atoms with E-state index < -0.39 is 5.92 Å². The van der Waals surface area contributed by atoms with Crippen LogP contribution in [0.2, 0.25) is 0 Å². The monoisotopic (exact) mass is 451 g/mol. The van der Waals surface area contributed by atoms with E-state index in [4.69, 9.17) is 18.6 Å². The minimum atomic E-state index is -0.413. The van der Waals surface area contributed by atoms with Crippen LogP contribution < -0.4 is 19.6 Å². The second kappa shape index (κ2) is 8.45. The highest BCUT2D eigenvalue weighted by Crippen LogP contribution is 2.43. The summed E-state index contributed by atoms with van der Waals surface area (Å²) in [4.78, 5) is 13.8. The van der Waals surface area contributed by atoms with Crippen molar-refractivity contribution >= 4 is 22.6 Å². The predicted octanol–water partition coefficient (Wildman–Crippen LogP) is 5.38. The van der Waals surface area contributed by atoms with Gasteiger partial charge in [-0.05, 0) is 41.0 Å². The lowest BCUT2D eigenvalue weighted by Gasteiger charge is -2.20. The van der Waals surface area contributed by atoms with Gasteiger partial charge in [0.1, 0.15) is 17.1 Å². The Morgan fingerprint density at radius 1 is 0.912 bits per heavy atom. The predicted molar refractivity (Wildman–Crippen MR) is 129 cm³/mol. The van der Waals surface area contributed by atoms with Gasteiger partial charge in [0.2, 0.25) is 0 Å². The van der Waals surface area contributed by atoms with Crippen LogP contribution in [0, 0.1) is 11.3 Å². The maximum absolute atomic E-state index is 13.8. The van der Waals surface area contributed by atoms with Crippen molar-refractivity contribution < 1.29 is 18.6 Å². The summed E-state index contributed by atoms with van der Waals surface area (Å²) in [5, 5.41) is 10.3. The van der Waals surface area contributed by atoms with Crippen molar-refractivity contribution in [1.29, 1.82) is 5.26 Å². The third-order valence-electron chi connectivity index (χ3n) is 6.14. The molecule has 0 amide bonds. The third-order valence-corrected chi connectivity index (χ3v) is 6.14. The Labute approximate surface area is 196 Å². The summed E-state index contributed by atoms with van der Waals surface area (Å²) < 4.78 is 22.6. The summed E-state index contributed by atoms with van der Waals surface area (Å²) in [6.07, 6.45) is 1.62. The molecule has 6 heteroatoms. The molecule has 0 radical (unpaired) electrons. The number of allylic oxidation sites excluding steroid dienone is 1. The second-order valence-corrected chi connectivity index (χ2v) is 7.88. The maximum Gasteiger partial charge on any atom is 0.200 e. The second-order valence-electron chi connectivity index (χ2n) is 7.88. The van der Waals surface area contributed by atoms with Gasteiger partial charge in [-0.1, -0.05) is 36.4 Å². The van der Waals surface area contributed by atoms with Gasteiger partial charge in [-0.15, -0.1) is 0 Å². The molecule has 1 heterocycles. The van der Waals surface area contributed by atoms with Gasteiger partial charge in [0, 0.05) is 6.07 Å². The van der Waals surface area contributed by atoms with Gasteiger partial charge in [0.05, 0.1) is 49.8 Å². The Hall–Kier alpha value is -4.50. The first-order valence-corrected chi connectivity index (χ1v) is 10.7. The number of rotatable bonds is 4. The number of methoxy groups -OCH3 is 3. The van der Waals surface area contributed by atoms with E-state index in [2.05, 4.69) is 6.07 Å². The topological polar surface area (TPSA) is 81.7 Å². The molecule has 1 aliphatic carbocycles. The highest BCUT2D eigenvalue weighted by molar-refractivity contribution is 5.95. The molecule has 0 saturated heterocycles. The van der Waals surface area contributed by atoms with Crippen LogP contribution in [0.3, 0.4) is 0 Å². The van der Waals surface area contributed by atoms with Crippen LogP contribution in [0.1, 0.15) is 33.9 Å². The zero-order chi connectivity index (χ0) is 23.8. The Bertz CT molecular complexity index is 1540. The van der Waals surface area contributed by atoms with E-state index in [9.17, 15) is 10.1 Å². The van der Waals surface area contributed by atoms with Crippen molar-refractivity contribution in [2.75, 3.05) is 21.3 Å². The number of ether oxygens (including phenoxy) is 3. The fourth-order valence-electron chi connectivity index (χ4n) is 4.48. The van der Waals surface area contributed by atoms with Crippen molar-refractivity contribution in [2.45, 2.75) is 5.92 Å². The molecule has 6 nitrogen and oxygen atoms in total. The van der Waals surface area contributed by atoms with E-state index >= 15 is 0 Å². The molecule has 5 rings (SSSR count). The molecule has 0 saturated carbocycles. The molecular weight excluding hydrogens is 430 g/mol. The average molecular weight is 451 g/mol. The fraction of sp³-hybridized carbons (Fsp3) is 0.143. The number of nitrogens with zero attached hydrogens (tertiary/aromatic N) is 1. The number of benzene rings is 3. The fourth-order valence-corrected chi connectivity index (χ4v) is 4.48. The molecule has 0 N–H and O–H groups in total. The van der Waals surface area contributed by atoms with E-state index in [1.54, 1.807) is 25.3 Å². The van der Waals surface area contributed by atoms with Crippen LogP contribution in [0.25, 0.3) is 22.6 Å². The van der Waals surface area contributed by atoms with Crippen molar-refractivity contribution in [2.24, 2.45) is 0 Å². The van der Waals surface area contributed by atoms with Crippen LogP contribution in [0.4, 0.5) is 0 Å². The quantitative estimate of drug-likeness (QED) is 0.415. The summed E-state index contributed by atoms with van der Waals surface area (Å²) in [5.74, 6) is 1.66. The van der Waals surface area contributed by atoms with Gasteiger partial charge < -0.3 is 18.6 Å². The molecular formula is C28H21NO5. The smallest absolute Gasteiger partial charge is 0.200 e. The van der Waals surface area contributed by atoms with E-state index in [-0.39, 0.29) is 5.43 Å². The molecule has 1 atom stereocenters. The summed E-state index contributed by atoms with van der Waals surface area (Å²) in [6.45, 7) is 0. The minimum Gasteiger partial charge on any atom is -0.497 e. The normalized spacial score (nSPS) is 14.3. The van der Waals surface area contributed by atoms with Gasteiger partial charge >= 0.3 is 0 Å². The lowest BCUT2D eigenvalue weighted by atomic mass is 9.85. The molecule has 0 fully saturated rings. The molecule has 3 aromatic carbocycles. The highest BCUT2D eigenvalue weighted by Gasteiger charge is 2.31. The number of nitriles is 1. The lowest BCUT2D eigenvalue weighted by molar-refractivity contribution is 0.355. The Balaban J connectivity index is 1.89. The molecule has 0 spiro atoms. The SMILES string of the molecule is COc1ccc(C2c3ccccc3C(C#N)=Cc3c2oc2cc(OC)c(OC)cc2c3=O)cc1. The van der Waals surface area contributed by atoms with E-state index in [1.807, 2.05) is 48.5 Å². The van der Waals surface area contributed by atoms with Crippen molar-refractivity contribution in [3.8, 4) is 23.3 Å². The van der Waals surface area contributed by atoms with Crippen molar-refractivity contribution in [1.82, 2.24) is 0 Å². The maximum atomic E-state index is 13.8. The first-order chi connectivity index (χ1) is 16.6. The van der Waals surface area contributed by atoms with Crippen LogP contribution in [0.15, 0.2) is 69.9 Å². The summed E-state index contributed by atoms with van der Waals surface area (Å²) in [6, 6.07) is 20.8. The van der Waals surface area contributed by atoms with Crippen LogP contribution in [-0.2, 0) is 0 Å². The van der Waals surface area contributed by atoms with E-state index in [1.165, 1.54) is 14.2 Å². The third kappa shape index (κ3) is 3.30. The number of hydrogen-bond acceptors (Lipinski definition) is 6. The summed E-state index contributed by atoms with van der Waals surface area (Å²) in [7, 11) is 4.66. The summed E-state index contributed by atoms with van der Waals surface area (Å²) in [5.41, 5.74) is 3.43. The van der Waals surface area contributed by atoms with Crippen LogP contribution in [0.5, 0.6) is 17.2 Å². The largest absolute Gasteiger partial charge is 0.497 e. The van der Waals surface area contributed by atoms with E-state index in [0.29, 0.717) is 39.4 Å². The molecule has 1 aliphatic rings. The van der Waals surface area contributed by atoms with Crippen molar-refractivity contribution in [3.63, 3.8) is 0 Å². The molecule has 168 valence electrons. The zero-order valence-corrected chi connectivity index (χ0v) is 18.9. The molecule has 1 aromatic heterocycles. The highest BCUT2D eigenvalue weighted by atomic mass is 16.5. The first-order valence-electron chi connectivity index (χ1n) is 10.7. The van der Waals surface area contributed by atoms with Gasteiger partial charge in [0.25, 0.3) is 0 Å².